The first-order valence-electron chi connectivity index (χ1n) is 5.67. The molecule has 0 aromatic heterocycles. The SMILES string of the molecule is CCC(O)/C=C(\SC)S(=O)(=O)c1ccc(C)cc1. The minimum atomic E-state index is -3.51. The number of sulfone groups is 1. The minimum absolute atomic E-state index is 0.195. The topological polar surface area (TPSA) is 54.4 Å². The molecule has 18 heavy (non-hydrogen) atoms. The van der Waals surface area contributed by atoms with Crippen molar-refractivity contribution in [3.8, 4) is 0 Å². The van der Waals surface area contributed by atoms with Crippen LogP contribution in [0.4, 0.5) is 0 Å². The van der Waals surface area contributed by atoms with Gasteiger partial charge in [0.2, 0.25) is 9.84 Å². The lowest BCUT2D eigenvalue weighted by molar-refractivity contribution is 0.219. The van der Waals surface area contributed by atoms with Crippen molar-refractivity contribution in [2.75, 3.05) is 6.26 Å². The summed E-state index contributed by atoms with van der Waals surface area (Å²) in [5.74, 6) is 0. The summed E-state index contributed by atoms with van der Waals surface area (Å²) in [5, 5.41) is 9.56. The number of rotatable bonds is 5. The molecule has 0 bridgehead atoms. The highest BCUT2D eigenvalue weighted by Gasteiger charge is 2.20. The van der Waals surface area contributed by atoms with Gasteiger partial charge in [0.05, 0.1) is 11.0 Å². The van der Waals surface area contributed by atoms with Crippen molar-refractivity contribution in [2.45, 2.75) is 31.3 Å². The maximum atomic E-state index is 12.3. The Morgan fingerprint density at radius 1 is 1.39 bits per heavy atom. The summed E-state index contributed by atoms with van der Waals surface area (Å²) < 4.78 is 24.8. The van der Waals surface area contributed by atoms with Gasteiger partial charge in [-0.3, -0.25) is 0 Å². The molecule has 0 radical (unpaired) electrons. The lowest BCUT2D eigenvalue weighted by Crippen LogP contribution is -2.07. The Balaban J connectivity index is 3.19. The van der Waals surface area contributed by atoms with Crippen LogP contribution in [-0.2, 0) is 9.84 Å². The van der Waals surface area contributed by atoms with Crippen molar-refractivity contribution in [2.24, 2.45) is 0 Å². The van der Waals surface area contributed by atoms with E-state index in [9.17, 15) is 13.5 Å². The third-order valence-electron chi connectivity index (χ3n) is 2.54. The number of hydrogen-bond donors (Lipinski definition) is 1. The molecule has 0 heterocycles. The molecule has 0 aliphatic rings. The fourth-order valence-corrected chi connectivity index (χ4v) is 3.90. The Morgan fingerprint density at radius 3 is 2.39 bits per heavy atom. The Kier molecular flexibility index (Phi) is 5.44. The number of aliphatic hydroxyl groups is 1. The highest BCUT2D eigenvalue weighted by atomic mass is 32.3. The predicted octanol–water partition coefficient (Wildman–Crippen LogP) is 2.74. The van der Waals surface area contributed by atoms with Crippen molar-refractivity contribution in [1.29, 1.82) is 0 Å². The molecule has 3 nitrogen and oxygen atoms in total. The summed E-state index contributed by atoms with van der Waals surface area (Å²) in [6.07, 6.45) is 2.86. The number of hydrogen-bond acceptors (Lipinski definition) is 4. The number of thioether (sulfide) groups is 1. The zero-order chi connectivity index (χ0) is 13.8. The van der Waals surface area contributed by atoms with E-state index in [-0.39, 0.29) is 9.13 Å². The van der Waals surface area contributed by atoms with Crippen LogP contribution in [0.1, 0.15) is 18.9 Å². The third-order valence-corrected chi connectivity index (χ3v) is 5.80. The fraction of sp³-hybridized carbons (Fsp3) is 0.385. The highest BCUT2D eigenvalue weighted by molar-refractivity contribution is 8.18. The summed E-state index contributed by atoms with van der Waals surface area (Å²) in [5.41, 5.74) is 1.01. The van der Waals surface area contributed by atoms with Crippen LogP contribution in [0.3, 0.4) is 0 Å². The van der Waals surface area contributed by atoms with Gasteiger partial charge < -0.3 is 5.11 Å². The Hall–Kier alpha value is -0.780. The van der Waals surface area contributed by atoms with E-state index < -0.39 is 15.9 Å². The Bertz CT molecular complexity index is 516. The summed E-state index contributed by atoms with van der Waals surface area (Å²) >= 11 is 1.13. The van der Waals surface area contributed by atoms with Crippen molar-refractivity contribution in [3.05, 3.63) is 40.1 Å². The monoisotopic (exact) mass is 286 g/mol. The van der Waals surface area contributed by atoms with Crippen LogP contribution in [0.15, 0.2) is 39.5 Å². The molecule has 1 N–H and O–H groups in total. The molecule has 100 valence electrons. The van der Waals surface area contributed by atoms with E-state index in [0.717, 1.165) is 17.3 Å². The van der Waals surface area contributed by atoms with E-state index in [4.69, 9.17) is 0 Å². The van der Waals surface area contributed by atoms with Gasteiger partial charge in [0.1, 0.15) is 4.24 Å². The molecule has 0 saturated heterocycles. The molecule has 0 amide bonds. The van der Waals surface area contributed by atoms with E-state index >= 15 is 0 Å². The smallest absolute Gasteiger partial charge is 0.212 e. The van der Waals surface area contributed by atoms with E-state index in [1.807, 2.05) is 6.92 Å². The first-order valence-corrected chi connectivity index (χ1v) is 8.38. The lowest BCUT2D eigenvalue weighted by atomic mass is 10.2. The highest BCUT2D eigenvalue weighted by Crippen LogP contribution is 2.27. The van der Waals surface area contributed by atoms with Crippen LogP contribution < -0.4 is 0 Å². The third kappa shape index (κ3) is 3.60. The van der Waals surface area contributed by atoms with Crippen LogP contribution in [0, 0.1) is 6.92 Å². The summed E-state index contributed by atoms with van der Waals surface area (Å²) in [6.45, 7) is 3.71. The zero-order valence-electron chi connectivity index (χ0n) is 10.8. The van der Waals surface area contributed by atoms with E-state index in [1.165, 1.54) is 6.08 Å². The molecule has 0 spiro atoms. The van der Waals surface area contributed by atoms with Gasteiger partial charge in [-0.15, -0.1) is 11.8 Å². The molecular formula is C13H18O3S2. The molecule has 0 aliphatic carbocycles. The van der Waals surface area contributed by atoms with Crippen LogP contribution >= 0.6 is 11.8 Å². The van der Waals surface area contributed by atoms with Gasteiger partial charge in [0, 0.05) is 0 Å². The molecule has 0 saturated carbocycles. The zero-order valence-corrected chi connectivity index (χ0v) is 12.4. The summed E-state index contributed by atoms with van der Waals surface area (Å²) in [6, 6.07) is 6.71. The summed E-state index contributed by atoms with van der Waals surface area (Å²) in [7, 11) is -3.51. The second-order valence-corrected chi connectivity index (χ2v) is 7.01. The van der Waals surface area contributed by atoms with Gasteiger partial charge >= 0.3 is 0 Å². The molecule has 0 fully saturated rings. The average Bonchev–Trinajstić information content (AvgIpc) is 2.35. The first kappa shape index (κ1) is 15.3. The first-order chi connectivity index (χ1) is 8.41. The van der Waals surface area contributed by atoms with Crippen molar-refractivity contribution >= 4 is 21.6 Å². The standard InChI is InChI=1S/C13H18O3S2/c1-4-11(14)9-13(17-3)18(15,16)12-7-5-10(2)6-8-12/h5-9,11,14H,4H2,1-3H3/b13-9+. The lowest BCUT2D eigenvalue weighted by Gasteiger charge is -2.09. The molecule has 1 atom stereocenters. The molecular weight excluding hydrogens is 268 g/mol. The molecule has 1 aromatic carbocycles. The molecule has 1 rings (SSSR count). The van der Waals surface area contributed by atoms with E-state index in [2.05, 4.69) is 0 Å². The molecule has 0 aliphatic heterocycles. The Labute approximate surface area is 113 Å². The van der Waals surface area contributed by atoms with Gasteiger partial charge in [-0.25, -0.2) is 8.42 Å². The van der Waals surface area contributed by atoms with Gasteiger partial charge in [0.15, 0.2) is 0 Å². The van der Waals surface area contributed by atoms with Crippen LogP contribution in [-0.4, -0.2) is 25.9 Å². The maximum absolute atomic E-state index is 12.3. The Morgan fingerprint density at radius 2 is 1.94 bits per heavy atom. The van der Waals surface area contributed by atoms with Crippen molar-refractivity contribution in [3.63, 3.8) is 0 Å². The largest absolute Gasteiger partial charge is 0.389 e. The van der Waals surface area contributed by atoms with Gasteiger partial charge in [-0.05, 0) is 37.8 Å². The van der Waals surface area contributed by atoms with Gasteiger partial charge in [-0.2, -0.15) is 0 Å². The number of benzene rings is 1. The van der Waals surface area contributed by atoms with Gasteiger partial charge in [-0.1, -0.05) is 24.6 Å². The maximum Gasteiger partial charge on any atom is 0.212 e. The summed E-state index contributed by atoms with van der Waals surface area (Å²) in [4.78, 5) is 0.261. The van der Waals surface area contributed by atoms with Crippen LogP contribution in [0.2, 0.25) is 0 Å². The van der Waals surface area contributed by atoms with Gasteiger partial charge in [0.25, 0.3) is 0 Å². The molecule has 1 aromatic rings. The average molecular weight is 286 g/mol. The second kappa shape index (κ2) is 6.41. The quantitative estimate of drug-likeness (QED) is 0.904. The van der Waals surface area contributed by atoms with E-state index in [1.54, 1.807) is 37.4 Å². The molecule has 5 heteroatoms. The van der Waals surface area contributed by atoms with E-state index in [0.29, 0.717) is 6.42 Å². The van der Waals surface area contributed by atoms with Crippen molar-refractivity contribution < 1.29 is 13.5 Å². The van der Waals surface area contributed by atoms with Crippen molar-refractivity contribution in [1.82, 2.24) is 0 Å². The fourth-order valence-electron chi connectivity index (χ4n) is 1.38. The van der Waals surface area contributed by atoms with Crippen LogP contribution in [0.25, 0.3) is 0 Å². The normalized spacial score (nSPS) is 14.6. The minimum Gasteiger partial charge on any atom is -0.389 e. The number of aliphatic hydroxyl groups excluding tert-OH is 1. The number of aryl methyl sites for hydroxylation is 1. The second-order valence-electron chi connectivity index (χ2n) is 3.98. The molecule has 1 unspecified atom stereocenters. The predicted molar refractivity (Wildman–Crippen MR) is 76.3 cm³/mol. The van der Waals surface area contributed by atoms with Crippen LogP contribution in [0.5, 0.6) is 0 Å².